The zero-order chi connectivity index (χ0) is 17.9. The fraction of sp³-hybridized carbons (Fsp3) is 0.333. The Balaban J connectivity index is 2.84. The van der Waals surface area contributed by atoms with Crippen LogP contribution in [0.25, 0.3) is 11.8 Å². The molecule has 0 atom stereocenters. The number of aryl methyl sites for hydroxylation is 1. The van der Waals surface area contributed by atoms with Crippen LogP contribution in [0.1, 0.15) is 32.2 Å². The van der Waals surface area contributed by atoms with Crippen molar-refractivity contribution in [3.8, 4) is 0 Å². The molecule has 2 N–H and O–H groups in total. The van der Waals surface area contributed by atoms with Gasteiger partial charge in [0.1, 0.15) is 11.6 Å². The zero-order valence-corrected chi connectivity index (χ0v) is 15.9. The Kier molecular flexibility index (Phi) is 6.08. The van der Waals surface area contributed by atoms with Crippen LogP contribution < -0.4 is 21.2 Å². The molecule has 0 amide bonds. The fourth-order valence-corrected chi connectivity index (χ4v) is 3.04. The summed E-state index contributed by atoms with van der Waals surface area (Å²) in [6.07, 6.45) is 1.92. The highest BCUT2D eigenvalue weighted by molar-refractivity contribution is 6.35. The molecule has 1 heterocycles. The zero-order valence-electron chi connectivity index (χ0n) is 14.4. The average molecular weight is 365 g/mol. The Morgan fingerprint density at radius 3 is 2.42 bits per heavy atom. The molecular formula is C18H22Cl2N4. The summed E-state index contributed by atoms with van der Waals surface area (Å²) in [6.45, 7) is 9.61. The van der Waals surface area contributed by atoms with Gasteiger partial charge in [0.15, 0.2) is 0 Å². The lowest BCUT2D eigenvalue weighted by Crippen LogP contribution is -2.41. The molecule has 0 unspecified atom stereocenters. The molecule has 2 rings (SSSR count). The molecule has 6 heteroatoms. The summed E-state index contributed by atoms with van der Waals surface area (Å²) in [5.74, 6) is 1.54. The van der Waals surface area contributed by atoms with Gasteiger partial charge in [0, 0.05) is 28.8 Å². The van der Waals surface area contributed by atoms with Crippen LogP contribution in [0, 0.1) is 6.92 Å². The van der Waals surface area contributed by atoms with Crippen molar-refractivity contribution in [3.63, 3.8) is 0 Å². The van der Waals surface area contributed by atoms with Crippen molar-refractivity contribution < 1.29 is 0 Å². The van der Waals surface area contributed by atoms with Gasteiger partial charge in [-0.15, -0.1) is 0 Å². The highest BCUT2D eigenvalue weighted by Gasteiger charge is 2.10. The minimum Gasteiger partial charge on any atom is -0.402 e. The first-order chi connectivity index (χ1) is 11.4. The van der Waals surface area contributed by atoms with Crippen LogP contribution in [-0.4, -0.2) is 23.1 Å². The second-order valence-electron chi connectivity index (χ2n) is 5.52. The number of nitrogens with two attached hydrogens (primary N) is 1. The van der Waals surface area contributed by atoms with Crippen molar-refractivity contribution in [3.05, 3.63) is 50.2 Å². The number of anilines is 1. The quantitative estimate of drug-likeness (QED) is 0.905. The van der Waals surface area contributed by atoms with Crippen molar-refractivity contribution in [2.45, 2.75) is 27.7 Å². The largest absolute Gasteiger partial charge is 0.402 e. The van der Waals surface area contributed by atoms with Gasteiger partial charge in [-0.1, -0.05) is 29.3 Å². The number of benzene rings is 1. The van der Waals surface area contributed by atoms with Gasteiger partial charge in [0.25, 0.3) is 0 Å². The molecule has 1 aromatic carbocycles. The lowest BCUT2D eigenvalue weighted by atomic mass is 10.2. The molecule has 0 saturated carbocycles. The van der Waals surface area contributed by atoms with E-state index in [4.69, 9.17) is 28.9 Å². The van der Waals surface area contributed by atoms with Gasteiger partial charge in [-0.3, -0.25) is 0 Å². The first kappa shape index (κ1) is 18.6. The Hall–Kier alpha value is -1.78. The second-order valence-corrected chi connectivity index (χ2v) is 6.36. The lowest BCUT2D eigenvalue weighted by Gasteiger charge is -2.21. The summed E-state index contributed by atoms with van der Waals surface area (Å²) in [6, 6.07) is 5.39. The number of nitrogens with zero attached hydrogens (tertiary/aromatic N) is 3. The number of rotatable bonds is 4. The molecule has 1 aromatic heterocycles. The maximum absolute atomic E-state index is 6.30. The molecule has 0 aliphatic carbocycles. The summed E-state index contributed by atoms with van der Waals surface area (Å²) in [7, 11) is 0. The van der Waals surface area contributed by atoms with Crippen molar-refractivity contribution >= 4 is 40.8 Å². The van der Waals surface area contributed by atoms with Crippen LogP contribution in [-0.2, 0) is 0 Å². The first-order valence-electron chi connectivity index (χ1n) is 7.90. The number of aromatic nitrogens is 2. The molecular weight excluding hydrogens is 343 g/mol. The minimum atomic E-state index is 0.573. The molecule has 24 heavy (non-hydrogen) atoms. The predicted octanol–water partition coefficient (Wildman–Crippen LogP) is 2.85. The molecule has 0 radical (unpaired) electrons. The third-order valence-corrected chi connectivity index (χ3v) is 4.30. The van der Waals surface area contributed by atoms with Gasteiger partial charge in [-0.2, -0.15) is 0 Å². The summed E-state index contributed by atoms with van der Waals surface area (Å²) in [4.78, 5) is 11.4. The van der Waals surface area contributed by atoms with Gasteiger partial charge in [0.2, 0.25) is 0 Å². The van der Waals surface area contributed by atoms with E-state index >= 15 is 0 Å². The van der Waals surface area contributed by atoms with Crippen LogP contribution in [0.3, 0.4) is 0 Å². The van der Waals surface area contributed by atoms with E-state index in [1.54, 1.807) is 12.1 Å². The Morgan fingerprint density at radius 2 is 1.88 bits per heavy atom. The maximum atomic E-state index is 6.30. The van der Waals surface area contributed by atoms with Crippen molar-refractivity contribution in [2.24, 2.45) is 5.73 Å². The minimum absolute atomic E-state index is 0.573. The number of hydrogen-bond donors (Lipinski definition) is 1. The van der Waals surface area contributed by atoms with E-state index in [0.29, 0.717) is 21.6 Å². The standard InChI is InChI=1S/C18H22Cl2N4/c1-5-24(6-2)18-17(11(3)21)16(22-12(4)23-18)9-13-7-8-14(19)10-15(13)20/h7-10H,5-6,21H2,1-4H3/b16-9-,17-11+. The van der Waals surface area contributed by atoms with Gasteiger partial charge in [0.05, 0.1) is 10.6 Å². The molecule has 0 bridgehead atoms. The third-order valence-electron chi connectivity index (χ3n) is 3.74. The molecule has 0 spiro atoms. The van der Waals surface area contributed by atoms with E-state index in [2.05, 4.69) is 28.7 Å². The van der Waals surface area contributed by atoms with E-state index in [-0.39, 0.29) is 0 Å². The van der Waals surface area contributed by atoms with E-state index < -0.39 is 0 Å². The predicted molar refractivity (Wildman–Crippen MR) is 103 cm³/mol. The molecule has 0 aliphatic rings. The normalized spacial score (nSPS) is 13.2. The molecule has 128 valence electrons. The smallest absolute Gasteiger partial charge is 0.141 e. The third kappa shape index (κ3) is 4.00. The molecule has 2 aromatic rings. The van der Waals surface area contributed by atoms with E-state index in [0.717, 1.165) is 35.0 Å². The molecule has 0 saturated heterocycles. The van der Waals surface area contributed by atoms with Crippen LogP contribution in [0.2, 0.25) is 10.0 Å². The number of halogens is 2. The van der Waals surface area contributed by atoms with Crippen LogP contribution in [0.5, 0.6) is 0 Å². The summed E-state index contributed by atoms with van der Waals surface area (Å²) in [5.41, 5.74) is 7.68. The van der Waals surface area contributed by atoms with E-state index in [1.165, 1.54) is 0 Å². The Morgan fingerprint density at radius 1 is 1.21 bits per heavy atom. The Bertz CT molecular complexity index is 854. The van der Waals surface area contributed by atoms with Gasteiger partial charge < -0.3 is 10.6 Å². The monoisotopic (exact) mass is 364 g/mol. The van der Waals surface area contributed by atoms with E-state index in [1.807, 2.05) is 26.0 Å². The van der Waals surface area contributed by atoms with Crippen LogP contribution in [0.15, 0.2) is 18.2 Å². The Labute approximate surface area is 152 Å². The van der Waals surface area contributed by atoms with Crippen LogP contribution >= 0.6 is 23.2 Å². The lowest BCUT2D eigenvalue weighted by molar-refractivity contribution is 0.822. The maximum Gasteiger partial charge on any atom is 0.141 e. The second kappa shape index (κ2) is 7.86. The average Bonchev–Trinajstić information content (AvgIpc) is 2.50. The van der Waals surface area contributed by atoms with Gasteiger partial charge >= 0.3 is 0 Å². The van der Waals surface area contributed by atoms with Crippen LogP contribution in [0.4, 0.5) is 5.82 Å². The fourth-order valence-electron chi connectivity index (χ4n) is 2.58. The molecule has 0 aliphatic heterocycles. The summed E-state index contributed by atoms with van der Waals surface area (Å²) < 4.78 is 0. The van der Waals surface area contributed by atoms with Crippen molar-refractivity contribution in [2.75, 3.05) is 18.0 Å². The van der Waals surface area contributed by atoms with Crippen molar-refractivity contribution in [1.29, 1.82) is 0 Å². The van der Waals surface area contributed by atoms with Gasteiger partial charge in [-0.05, 0) is 51.5 Å². The number of hydrogen-bond acceptors (Lipinski definition) is 4. The highest BCUT2D eigenvalue weighted by atomic mass is 35.5. The SMILES string of the molecule is CCN(CC)c1nc(C)nc(=C\c2ccc(Cl)cc2Cl)/c1=C(/C)N. The summed E-state index contributed by atoms with van der Waals surface area (Å²) >= 11 is 12.3. The van der Waals surface area contributed by atoms with E-state index in [9.17, 15) is 0 Å². The van der Waals surface area contributed by atoms with Crippen molar-refractivity contribution in [1.82, 2.24) is 9.97 Å². The van der Waals surface area contributed by atoms with Gasteiger partial charge in [-0.25, -0.2) is 9.97 Å². The highest BCUT2D eigenvalue weighted by Crippen LogP contribution is 2.21. The molecule has 0 fully saturated rings. The first-order valence-corrected chi connectivity index (χ1v) is 8.65. The molecule has 4 nitrogen and oxygen atoms in total. The summed E-state index contributed by atoms with van der Waals surface area (Å²) in [5, 5.41) is 2.77. The topological polar surface area (TPSA) is 55.0 Å².